The monoisotopic (exact) mass is 331 g/mol. The van der Waals surface area contributed by atoms with Gasteiger partial charge in [-0.3, -0.25) is 0 Å². The van der Waals surface area contributed by atoms with Gasteiger partial charge in [-0.1, -0.05) is 20.8 Å². The van der Waals surface area contributed by atoms with Crippen molar-refractivity contribution in [1.29, 1.82) is 0 Å². The van der Waals surface area contributed by atoms with E-state index in [9.17, 15) is 13.2 Å². The van der Waals surface area contributed by atoms with E-state index in [0.717, 1.165) is 6.42 Å². The van der Waals surface area contributed by atoms with E-state index in [1.807, 2.05) is 20.8 Å². The summed E-state index contributed by atoms with van der Waals surface area (Å²) in [5.74, 6) is 0.354. The lowest BCUT2D eigenvalue weighted by Gasteiger charge is -2.26. The number of nitrogens with zero attached hydrogens (tertiary/aromatic N) is 2. The van der Waals surface area contributed by atoms with Crippen molar-refractivity contribution in [3.05, 3.63) is 12.1 Å². The predicted molar refractivity (Wildman–Crippen MR) is 77.9 cm³/mol. The first-order chi connectivity index (χ1) is 10.2. The average Bonchev–Trinajstić information content (AvgIpc) is 2.91. The quantitative estimate of drug-likeness (QED) is 0.866. The highest BCUT2D eigenvalue weighted by Gasteiger charge is 2.26. The molecule has 0 aromatic carbocycles. The highest BCUT2D eigenvalue weighted by atomic mass is 32.2. The SMILES string of the molecule is CC(C)(C)c1ncc(S(=O)(=O)NCCN2CCCOC2=O)o1. The molecule has 1 amide bonds. The van der Waals surface area contributed by atoms with Crippen LogP contribution < -0.4 is 4.72 Å². The molecule has 0 saturated carbocycles. The smallest absolute Gasteiger partial charge is 0.409 e. The molecular weight excluding hydrogens is 310 g/mol. The highest BCUT2D eigenvalue weighted by Crippen LogP contribution is 2.23. The van der Waals surface area contributed by atoms with E-state index >= 15 is 0 Å². The van der Waals surface area contributed by atoms with Crippen LogP contribution in [0.25, 0.3) is 0 Å². The zero-order valence-corrected chi connectivity index (χ0v) is 13.8. The molecule has 1 aliphatic rings. The van der Waals surface area contributed by atoms with Crippen molar-refractivity contribution in [2.45, 2.75) is 37.7 Å². The fraction of sp³-hybridized carbons (Fsp3) is 0.692. The number of amides is 1. The summed E-state index contributed by atoms with van der Waals surface area (Å²) in [5, 5.41) is -0.223. The van der Waals surface area contributed by atoms with Gasteiger partial charge >= 0.3 is 6.09 Å². The van der Waals surface area contributed by atoms with Crippen molar-refractivity contribution in [3.8, 4) is 0 Å². The van der Waals surface area contributed by atoms with Gasteiger partial charge in [-0.15, -0.1) is 0 Å². The van der Waals surface area contributed by atoms with Crippen LogP contribution in [-0.2, 0) is 20.2 Å². The Labute approximate surface area is 129 Å². The predicted octanol–water partition coefficient (Wildman–Crippen LogP) is 1.09. The minimum atomic E-state index is -3.78. The number of ether oxygens (including phenoxy) is 1. The third-order valence-corrected chi connectivity index (χ3v) is 4.42. The van der Waals surface area contributed by atoms with Crippen LogP contribution >= 0.6 is 0 Å². The fourth-order valence-corrected chi connectivity index (χ4v) is 2.80. The zero-order chi connectivity index (χ0) is 16.4. The highest BCUT2D eigenvalue weighted by molar-refractivity contribution is 7.89. The van der Waals surface area contributed by atoms with E-state index in [-0.39, 0.29) is 23.6 Å². The van der Waals surface area contributed by atoms with Gasteiger partial charge in [-0.05, 0) is 6.42 Å². The minimum absolute atomic E-state index is 0.0863. The van der Waals surface area contributed by atoms with Crippen LogP contribution in [0, 0.1) is 0 Å². The summed E-state index contributed by atoms with van der Waals surface area (Å²) in [4.78, 5) is 16.9. The van der Waals surface area contributed by atoms with E-state index < -0.39 is 16.1 Å². The average molecular weight is 331 g/mol. The third-order valence-electron chi connectivity index (χ3n) is 3.12. The van der Waals surface area contributed by atoms with E-state index in [1.54, 1.807) is 0 Å². The maximum atomic E-state index is 12.1. The molecule has 9 heteroatoms. The first kappa shape index (κ1) is 16.8. The van der Waals surface area contributed by atoms with Crippen LogP contribution in [0.5, 0.6) is 0 Å². The number of carbonyl (C=O) groups excluding carboxylic acids is 1. The molecule has 0 unspecified atom stereocenters. The second-order valence-corrected chi connectivity index (χ2v) is 7.79. The molecule has 2 rings (SSSR count). The topological polar surface area (TPSA) is 102 Å². The number of cyclic esters (lactones) is 1. The number of hydrogen-bond donors (Lipinski definition) is 1. The molecule has 0 atom stereocenters. The van der Waals surface area contributed by atoms with Crippen molar-refractivity contribution in [2.24, 2.45) is 0 Å². The Balaban J connectivity index is 1.93. The van der Waals surface area contributed by atoms with Gasteiger partial charge in [0.05, 0.1) is 12.8 Å². The molecule has 1 aliphatic heterocycles. The Morgan fingerprint density at radius 3 is 2.73 bits per heavy atom. The lowest BCUT2D eigenvalue weighted by Crippen LogP contribution is -2.42. The van der Waals surface area contributed by atoms with Gasteiger partial charge in [0.2, 0.25) is 5.89 Å². The third kappa shape index (κ3) is 3.98. The number of carbonyl (C=O) groups is 1. The van der Waals surface area contributed by atoms with Crippen LogP contribution in [-0.4, -0.2) is 50.6 Å². The summed E-state index contributed by atoms with van der Waals surface area (Å²) in [6, 6.07) is 0. The maximum absolute atomic E-state index is 12.1. The van der Waals surface area contributed by atoms with Crippen LogP contribution in [0.4, 0.5) is 4.79 Å². The van der Waals surface area contributed by atoms with Crippen molar-refractivity contribution >= 4 is 16.1 Å². The number of aromatic nitrogens is 1. The van der Waals surface area contributed by atoms with Gasteiger partial charge in [0.25, 0.3) is 15.1 Å². The molecule has 1 fully saturated rings. The molecule has 0 aliphatic carbocycles. The molecule has 0 bridgehead atoms. The normalized spacial score (nSPS) is 16.7. The van der Waals surface area contributed by atoms with Gasteiger partial charge in [-0.2, -0.15) is 0 Å². The molecule has 124 valence electrons. The second kappa shape index (κ2) is 6.25. The van der Waals surface area contributed by atoms with E-state index in [2.05, 4.69) is 9.71 Å². The summed E-state index contributed by atoms with van der Waals surface area (Å²) >= 11 is 0. The first-order valence-corrected chi connectivity index (χ1v) is 8.56. The zero-order valence-electron chi connectivity index (χ0n) is 13.0. The van der Waals surface area contributed by atoms with Crippen LogP contribution in [0.3, 0.4) is 0 Å². The van der Waals surface area contributed by atoms with Crippen LogP contribution in [0.15, 0.2) is 15.7 Å². The first-order valence-electron chi connectivity index (χ1n) is 7.08. The molecule has 1 saturated heterocycles. The standard InChI is InChI=1S/C13H21N3O5S/c1-13(2,3)11-14-9-10(21-11)22(18,19)15-5-7-16-6-4-8-20-12(16)17/h9,15H,4-8H2,1-3H3. The summed E-state index contributed by atoms with van der Waals surface area (Å²) < 4.78 is 36.8. The Morgan fingerprint density at radius 2 is 2.14 bits per heavy atom. The molecular formula is C13H21N3O5S. The lowest BCUT2D eigenvalue weighted by molar-refractivity contribution is 0.0738. The lowest BCUT2D eigenvalue weighted by atomic mass is 9.97. The van der Waals surface area contributed by atoms with Gasteiger partial charge in [0, 0.05) is 25.0 Å². The molecule has 1 aromatic rings. The van der Waals surface area contributed by atoms with Crippen molar-refractivity contribution in [3.63, 3.8) is 0 Å². The Bertz CT molecular complexity index is 632. The van der Waals surface area contributed by atoms with Crippen molar-refractivity contribution in [1.82, 2.24) is 14.6 Å². The number of nitrogens with one attached hydrogen (secondary N) is 1. The van der Waals surface area contributed by atoms with E-state index in [4.69, 9.17) is 9.15 Å². The molecule has 1 N–H and O–H groups in total. The fourth-order valence-electron chi connectivity index (χ4n) is 1.92. The van der Waals surface area contributed by atoms with Gasteiger partial charge in [0.15, 0.2) is 0 Å². The molecule has 1 aromatic heterocycles. The van der Waals surface area contributed by atoms with Crippen molar-refractivity contribution in [2.75, 3.05) is 26.2 Å². The maximum Gasteiger partial charge on any atom is 0.409 e. The van der Waals surface area contributed by atoms with Crippen LogP contribution in [0.1, 0.15) is 33.1 Å². The van der Waals surface area contributed by atoms with Crippen molar-refractivity contribution < 1.29 is 22.4 Å². The second-order valence-electron chi connectivity index (χ2n) is 6.09. The summed E-state index contributed by atoms with van der Waals surface area (Å²) in [6.45, 7) is 6.95. The van der Waals surface area contributed by atoms with Gasteiger partial charge in [-0.25, -0.2) is 22.9 Å². The van der Waals surface area contributed by atoms with E-state index in [0.29, 0.717) is 19.0 Å². The summed E-state index contributed by atoms with van der Waals surface area (Å²) in [5.41, 5.74) is -0.370. The Morgan fingerprint density at radius 1 is 1.41 bits per heavy atom. The number of hydrogen-bond acceptors (Lipinski definition) is 6. The van der Waals surface area contributed by atoms with E-state index in [1.165, 1.54) is 11.1 Å². The molecule has 2 heterocycles. The summed E-state index contributed by atoms with van der Waals surface area (Å²) in [7, 11) is -3.78. The Kier molecular flexibility index (Phi) is 4.76. The summed E-state index contributed by atoms with van der Waals surface area (Å²) in [6.07, 6.45) is 1.52. The number of rotatable bonds is 5. The minimum Gasteiger partial charge on any atom is -0.449 e. The molecule has 8 nitrogen and oxygen atoms in total. The number of oxazole rings is 1. The van der Waals surface area contributed by atoms with Gasteiger partial charge in [0.1, 0.15) is 0 Å². The Hall–Kier alpha value is -1.61. The largest absolute Gasteiger partial charge is 0.449 e. The molecule has 0 spiro atoms. The van der Waals surface area contributed by atoms with Gasteiger partial charge < -0.3 is 14.1 Å². The molecule has 0 radical (unpaired) electrons. The van der Waals surface area contributed by atoms with Crippen LogP contribution in [0.2, 0.25) is 0 Å². The number of sulfonamides is 1. The molecule has 22 heavy (non-hydrogen) atoms.